The van der Waals surface area contributed by atoms with Gasteiger partial charge in [0.2, 0.25) is 0 Å². The van der Waals surface area contributed by atoms with Gasteiger partial charge in [0, 0.05) is 32.0 Å². The van der Waals surface area contributed by atoms with Gasteiger partial charge < -0.3 is 15.1 Å². The Bertz CT molecular complexity index is 717. The number of carbonyl (C=O) groups excluding carboxylic acids is 1. The second kappa shape index (κ2) is 8.81. The van der Waals surface area contributed by atoms with Crippen LogP contribution in [-0.2, 0) is 13.0 Å². The number of aryl methyl sites for hydroxylation is 1. The van der Waals surface area contributed by atoms with Crippen molar-refractivity contribution in [1.29, 1.82) is 0 Å². The van der Waals surface area contributed by atoms with E-state index in [-0.39, 0.29) is 12.1 Å². The van der Waals surface area contributed by atoms with Crippen molar-refractivity contribution in [2.24, 2.45) is 0 Å². The minimum Gasteiger partial charge on any atom is -0.337 e. The first-order chi connectivity index (χ1) is 12.6. The number of likely N-dealkylation sites (N-methyl/N-ethyl adjacent to an activating group) is 1. The van der Waals surface area contributed by atoms with Gasteiger partial charge in [-0.15, -0.1) is 0 Å². The maximum Gasteiger partial charge on any atom is 0.318 e. The monoisotopic (exact) mass is 352 g/mol. The summed E-state index contributed by atoms with van der Waals surface area (Å²) in [6.07, 6.45) is 6.81. The van der Waals surface area contributed by atoms with E-state index < -0.39 is 0 Å². The lowest BCUT2D eigenvalue weighted by Crippen LogP contribution is -2.44. The Morgan fingerprint density at radius 1 is 1.23 bits per heavy atom. The fourth-order valence-corrected chi connectivity index (χ4v) is 3.55. The molecule has 1 N–H and O–H groups in total. The van der Waals surface area contributed by atoms with Gasteiger partial charge >= 0.3 is 6.03 Å². The van der Waals surface area contributed by atoms with E-state index in [0.29, 0.717) is 13.1 Å². The number of nitrogens with one attached hydrogen (secondary N) is 1. The van der Waals surface area contributed by atoms with Gasteiger partial charge in [0.1, 0.15) is 0 Å². The minimum atomic E-state index is -0.00240. The van der Waals surface area contributed by atoms with E-state index in [1.165, 1.54) is 11.1 Å². The molecule has 0 bridgehead atoms. The molecule has 1 atom stereocenters. The molecule has 3 rings (SSSR count). The molecule has 5 nitrogen and oxygen atoms in total. The van der Waals surface area contributed by atoms with Crippen molar-refractivity contribution in [3.05, 3.63) is 65.5 Å². The number of amides is 2. The highest BCUT2D eigenvalue weighted by atomic mass is 16.2. The zero-order valence-electron chi connectivity index (χ0n) is 15.7. The van der Waals surface area contributed by atoms with Crippen LogP contribution in [0.15, 0.2) is 48.8 Å². The molecule has 0 radical (unpaired) electrons. The van der Waals surface area contributed by atoms with Gasteiger partial charge in [0.25, 0.3) is 0 Å². The van der Waals surface area contributed by atoms with Crippen molar-refractivity contribution in [2.45, 2.75) is 31.8 Å². The molecule has 1 aliphatic carbocycles. The number of aromatic nitrogens is 1. The predicted molar refractivity (Wildman–Crippen MR) is 104 cm³/mol. The van der Waals surface area contributed by atoms with Crippen LogP contribution in [0.5, 0.6) is 0 Å². The molecule has 0 spiro atoms. The summed E-state index contributed by atoms with van der Waals surface area (Å²) in [5.74, 6) is 0. The smallest absolute Gasteiger partial charge is 0.318 e. The molecule has 0 saturated heterocycles. The Morgan fingerprint density at radius 3 is 2.85 bits per heavy atom. The summed E-state index contributed by atoms with van der Waals surface area (Å²) in [5, 5.41) is 3.09. The molecule has 1 aliphatic rings. The van der Waals surface area contributed by atoms with Gasteiger partial charge in [-0.25, -0.2) is 4.79 Å². The molecule has 5 heteroatoms. The van der Waals surface area contributed by atoms with Crippen molar-refractivity contribution in [1.82, 2.24) is 20.1 Å². The zero-order valence-corrected chi connectivity index (χ0v) is 15.7. The van der Waals surface area contributed by atoms with E-state index in [4.69, 9.17) is 0 Å². The highest BCUT2D eigenvalue weighted by Gasteiger charge is 2.29. The number of fused-ring (bicyclic) bond motifs is 1. The van der Waals surface area contributed by atoms with E-state index >= 15 is 0 Å². The number of hydrogen-bond donors (Lipinski definition) is 1. The van der Waals surface area contributed by atoms with E-state index in [9.17, 15) is 4.79 Å². The Kier molecular flexibility index (Phi) is 6.23. The van der Waals surface area contributed by atoms with Gasteiger partial charge in [-0.3, -0.25) is 4.98 Å². The molecule has 1 aromatic carbocycles. The molecule has 1 aromatic heterocycles. The summed E-state index contributed by atoms with van der Waals surface area (Å²) in [4.78, 5) is 21.3. The zero-order chi connectivity index (χ0) is 18.4. The van der Waals surface area contributed by atoms with E-state index in [0.717, 1.165) is 31.4 Å². The fourth-order valence-electron chi connectivity index (χ4n) is 3.55. The predicted octanol–water partition coefficient (Wildman–Crippen LogP) is 3.23. The largest absolute Gasteiger partial charge is 0.337 e. The number of pyridine rings is 1. The summed E-state index contributed by atoms with van der Waals surface area (Å²) in [5.41, 5.74) is 3.70. The Labute approximate surface area is 156 Å². The van der Waals surface area contributed by atoms with Gasteiger partial charge in [0.05, 0.1) is 6.04 Å². The number of rotatable bonds is 6. The van der Waals surface area contributed by atoms with E-state index in [2.05, 4.69) is 39.5 Å². The lowest BCUT2D eigenvalue weighted by molar-refractivity contribution is 0.161. The molecule has 1 unspecified atom stereocenters. The van der Waals surface area contributed by atoms with Crippen molar-refractivity contribution >= 4 is 6.03 Å². The molecule has 2 amide bonds. The first-order valence-corrected chi connectivity index (χ1v) is 9.31. The molecular formula is C21H28N4O. The number of hydrogen-bond acceptors (Lipinski definition) is 3. The van der Waals surface area contributed by atoms with Gasteiger partial charge in [-0.1, -0.05) is 30.3 Å². The highest BCUT2D eigenvalue weighted by molar-refractivity contribution is 5.75. The summed E-state index contributed by atoms with van der Waals surface area (Å²) in [6, 6.07) is 12.6. The molecule has 0 fully saturated rings. The highest BCUT2D eigenvalue weighted by Crippen LogP contribution is 2.35. The second-order valence-corrected chi connectivity index (χ2v) is 7.13. The Balaban J connectivity index is 1.82. The maximum absolute atomic E-state index is 13.0. The van der Waals surface area contributed by atoms with Crippen LogP contribution in [0.25, 0.3) is 0 Å². The minimum absolute atomic E-state index is 0.00240. The van der Waals surface area contributed by atoms with Gasteiger partial charge in [-0.05, 0) is 56.1 Å². The quantitative estimate of drug-likeness (QED) is 0.868. The molecule has 0 aliphatic heterocycles. The van der Waals surface area contributed by atoms with Crippen LogP contribution in [0, 0.1) is 0 Å². The van der Waals surface area contributed by atoms with Crippen molar-refractivity contribution in [3.63, 3.8) is 0 Å². The van der Waals surface area contributed by atoms with Crippen molar-refractivity contribution < 1.29 is 4.79 Å². The van der Waals surface area contributed by atoms with Crippen LogP contribution in [0.3, 0.4) is 0 Å². The normalized spacial score (nSPS) is 16.2. The van der Waals surface area contributed by atoms with Gasteiger partial charge in [0.15, 0.2) is 0 Å². The molecule has 26 heavy (non-hydrogen) atoms. The third kappa shape index (κ3) is 4.61. The standard InChI is InChI=1S/C21H28N4O/c1-24(2)14-13-23-21(26)25(16-17-7-6-12-22-15-17)20-11-5-9-18-8-3-4-10-19(18)20/h3-4,6-8,10,12,15,20H,5,9,11,13-14,16H2,1-2H3,(H,23,26). The van der Waals surface area contributed by atoms with Crippen LogP contribution in [-0.4, -0.2) is 48.0 Å². The number of carbonyl (C=O) groups is 1. The van der Waals surface area contributed by atoms with Crippen molar-refractivity contribution in [2.75, 3.05) is 27.2 Å². The lowest BCUT2D eigenvalue weighted by Gasteiger charge is -2.36. The summed E-state index contributed by atoms with van der Waals surface area (Å²) >= 11 is 0. The Hall–Kier alpha value is -2.40. The molecular weight excluding hydrogens is 324 g/mol. The third-order valence-electron chi connectivity index (χ3n) is 4.89. The van der Waals surface area contributed by atoms with E-state index in [1.54, 1.807) is 6.20 Å². The van der Waals surface area contributed by atoms with Crippen LogP contribution >= 0.6 is 0 Å². The van der Waals surface area contributed by atoms with Crippen LogP contribution in [0.1, 0.15) is 35.6 Å². The molecule has 2 aromatic rings. The van der Waals surface area contributed by atoms with Crippen LogP contribution < -0.4 is 5.32 Å². The molecule has 138 valence electrons. The number of urea groups is 1. The maximum atomic E-state index is 13.0. The lowest BCUT2D eigenvalue weighted by atomic mass is 9.86. The summed E-state index contributed by atoms with van der Waals surface area (Å²) in [6.45, 7) is 2.04. The summed E-state index contributed by atoms with van der Waals surface area (Å²) < 4.78 is 0. The SMILES string of the molecule is CN(C)CCNC(=O)N(Cc1cccnc1)C1CCCc2ccccc21. The molecule has 0 saturated carbocycles. The average molecular weight is 352 g/mol. The van der Waals surface area contributed by atoms with E-state index in [1.807, 2.05) is 37.3 Å². The number of benzene rings is 1. The van der Waals surface area contributed by atoms with Crippen molar-refractivity contribution in [3.8, 4) is 0 Å². The van der Waals surface area contributed by atoms with Crippen LogP contribution in [0.4, 0.5) is 4.79 Å². The van der Waals surface area contributed by atoms with Crippen LogP contribution in [0.2, 0.25) is 0 Å². The second-order valence-electron chi connectivity index (χ2n) is 7.13. The third-order valence-corrected chi connectivity index (χ3v) is 4.89. The Morgan fingerprint density at radius 2 is 2.08 bits per heavy atom. The summed E-state index contributed by atoms with van der Waals surface area (Å²) in [7, 11) is 4.02. The molecule has 1 heterocycles. The van der Waals surface area contributed by atoms with Gasteiger partial charge in [-0.2, -0.15) is 0 Å². The first kappa shape index (κ1) is 18.4. The average Bonchev–Trinajstić information content (AvgIpc) is 2.66. The fraction of sp³-hybridized carbons (Fsp3) is 0.429. The topological polar surface area (TPSA) is 48.5 Å². The number of nitrogens with zero attached hydrogens (tertiary/aromatic N) is 3. The first-order valence-electron chi connectivity index (χ1n) is 9.31.